The molecule has 0 amide bonds. The van der Waals surface area contributed by atoms with Crippen LogP contribution in [-0.4, -0.2) is 36.7 Å². The predicted octanol–water partition coefficient (Wildman–Crippen LogP) is -0.800. The van der Waals surface area contributed by atoms with Crippen LogP contribution in [0.5, 0.6) is 0 Å². The highest BCUT2D eigenvalue weighted by Gasteiger charge is 2.09. The standard InChI is InChI=1S/C11H9N3O3.3H2O/c15-11(7-13-6-5-12-8-13)9-1-3-10(4-2-9)14(16)17;;;/h1-6,8H,7H2;3*1H2. The topological polar surface area (TPSA) is 173 Å². The van der Waals surface area contributed by atoms with Gasteiger partial charge in [0, 0.05) is 30.1 Å². The second-order valence-corrected chi connectivity index (χ2v) is 3.46. The van der Waals surface area contributed by atoms with Crippen molar-refractivity contribution in [3.05, 3.63) is 58.7 Å². The lowest BCUT2D eigenvalue weighted by Crippen LogP contribution is -2.08. The molecule has 0 aliphatic carbocycles. The summed E-state index contributed by atoms with van der Waals surface area (Å²) in [6.45, 7) is 0.178. The fourth-order valence-corrected chi connectivity index (χ4v) is 1.41. The van der Waals surface area contributed by atoms with Crippen molar-refractivity contribution in [2.45, 2.75) is 6.54 Å². The van der Waals surface area contributed by atoms with Crippen LogP contribution in [0.2, 0.25) is 0 Å². The van der Waals surface area contributed by atoms with E-state index < -0.39 is 4.92 Å². The first kappa shape index (κ1) is 19.7. The van der Waals surface area contributed by atoms with Crippen molar-refractivity contribution in [2.75, 3.05) is 0 Å². The summed E-state index contributed by atoms with van der Waals surface area (Å²) in [6, 6.07) is 5.55. The molecule has 0 saturated heterocycles. The van der Waals surface area contributed by atoms with Crippen LogP contribution in [0.25, 0.3) is 0 Å². The van der Waals surface area contributed by atoms with E-state index in [9.17, 15) is 14.9 Å². The maximum atomic E-state index is 11.8. The number of benzene rings is 1. The first-order chi connectivity index (χ1) is 8.16. The van der Waals surface area contributed by atoms with E-state index in [1.165, 1.54) is 24.3 Å². The van der Waals surface area contributed by atoms with E-state index in [1.54, 1.807) is 23.3 Å². The molecular weight excluding hydrogens is 270 g/mol. The Kier molecular flexibility index (Phi) is 8.35. The molecule has 1 aromatic heterocycles. The normalized spacial score (nSPS) is 8.60. The Hall–Kier alpha value is -2.62. The van der Waals surface area contributed by atoms with Crippen LogP contribution in [0, 0.1) is 10.1 Å². The summed E-state index contributed by atoms with van der Waals surface area (Å²) in [6.07, 6.45) is 4.82. The SMILES string of the molecule is O.O.O.O=C(Cn1ccnc1)c1ccc([N+](=O)[O-])cc1. The van der Waals surface area contributed by atoms with Crippen LogP contribution in [0.3, 0.4) is 0 Å². The van der Waals surface area contributed by atoms with Gasteiger partial charge in [-0.1, -0.05) is 0 Å². The zero-order chi connectivity index (χ0) is 12.3. The van der Waals surface area contributed by atoms with Crippen molar-refractivity contribution in [1.82, 2.24) is 9.55 Å². The van der Waals surface area contributed by atoms with E-state index in [0.29, 0.717) is 5.56 Å². The third kappa shape index (κ3) is 4.57. The molecule has 0 atom stereocenters. The molecule has 2 aromatic rings. The molecule has 20 heavy (non-hydrogen) atoms. The smallest absolute Gasteiger partial charge is 0.269 e. The Morgan fingerprint density at radius 2 is 1.80 bits per heavy atom. The fraction of sp³-hybridized carbons (Fsp3) is 0.0909. The molecule has 0 bridgehead atoms. The molecular formula is C11H15N3O6. The van der Waals surface area contributed by atoms with E-state index in [0.717, 1.165) is 0 Å². The summed E-state index contributed by atoms with van der Waals surface area (Å²) >= 11 is 0. The van der Waals surface area contributed by atoms with Gasteiger partial charge in [0.1, 0.15) is 0 Å². The number of imidazole rings is 1. The molecule has 0 saturated carbocycles. The third-order valence-corrected chi connectivity index (χ3v) is 2.29. The summed E-state index contributed by atoms with van der Waals surface area (Å²) in [4.78, 5) is 25.6. The number of Topliss-reactive ketones (excluding diaryl/α,β-unsaturated/α-hetero) is 1. The van der Waals surface area contributed by atoms with Crippen molar-refractivity contribution in [3.8, 4) is 0 Å². The average Bonchev–Trinajstić information content (AvgIpc) is 2.82. The zero-order valence-electron chi connectivity index (χ0n) is 10.3. The number of rotatable bonds is 4. The van der Waals surface area contributed by atoms with Gasteiger partial charge in [0.15, 0.2) is 5.78 Å². The molecule has 0 radical (unpaired) electrons. The van der Waals surface area contributed by atoms with Crippen molar-refractivity contribution in [3.63, 3.8) is 0 Å². The third-order valence-electron chi connectivity index (χ3n) is 2.29. The largest absolute Gasteiger partial charge is 0.412 e. The molecule has 9 nitrogen and oxygen atoms in total. The van der Waals surface area contributed by atoms with Crippen molar-refractivity contribution in [1.29, 1.82) is 0 Å². The number of hydrogen-bond donors (Lipinski definition) is 0. The summed E-state index contributed by atoms with van der Waals surface area (Å²) in [5.41, 5.74) is 0.425. The highest BCUT2D eigenvalue weighted by Crippen LogP contribution is 2.12. The van der Waals surface area contributed by atoms with Crippen LogP contribution >= 0.6 is 0 Å². The minimum atomic E-state index is -0.496. The Balaban J connectivity index is 0. The molecule has 2 rings (SSSR count). The van der Waals surface area contributed by atoms with Crippen molar-refractivity contribution in [2.24, 2.45) is 0 Å². The van der Waals surface area contributed by atoms with Gasteiger partial charge in [-0.25, -0.2) is 4.98 Å². The van der Waals surface area contributed by atoms with E-state index in [4.69, 9.17) is 0 Å². The van der Waals surface area contributed by atoms with Gasteiger partial charge in [0.25, 0.3) is 5.69 Å². The fourth-order valence-electron chi connectivity index (χ4n) is 1.41. The molecule has 1 aromatic carbocycles. The number of carbonyl (C=O) groups excluding carboxylic acids is 1. The second-order valence-electron chi connectivity index (χ2n) is 3.46. The summed E-state index contributed by atoms with van der Waals surface area (Å²) in [5, 5.41) is 10.4. The molecule has 110 valence electrons. The van der Waals surface area contributed by atoms with E-state index >= 15 is 0 Å². The highest BCUT2D eigenvalue weighted by molar-refractivity contribution is 5.96. The van der Waals surface area contributed by atoms with Crippen LogP contribution < -0.4 is 0 Å². The monoisotopic (exact) mass is 285 g/mol. The van der Waals surface area contributed by atoms with E-state index in [1.807, 2.05) is 0 Å². The van der Waals surface area contributed by atoms with Gasteiger partial charge in [-0.15, -0.1) is 0 Å². The highest BCUT2D eigenvalue weighted by atomic mass is 16.6. The lowest BCUT2D eigenvalue weighted by Gasteiger charge is -2.01. The lowest BCUT2D eigenvalue weighted by atomic mass is 10.1. The number of non-ortho nitro benzene ring substituents is 1. The number of nitro benzene ring substituents is 1. The number of carbonyl (C=O) groups is 1. The van der Waals surface area contributed by atoms with E-state index in [-0.39, 0.29) is 34.4 Å². The van der Waals surface area contributed by atoms with Gasteiger partial charge in [-0.05, 0) is 12.1 Å². The molecule has 9 heteroatoms. The lowest BCUT2D eigenvalue weighted by molar-refractivity contribution is -0.384. The maximum absolute atomic E-state index is 11.8. The van der Waals surface area contributed by atoms with Gasteiger partial charge in [0.2, 0.25) is 0 Å². The van der Waals surface area contributed by atoms with Gasteiger partial charge >= 0.3 is 0 Å². The van der Waals surface area contributed by atoms with Gasteiger partial charge < -0.3 is 21.0 Å². The first-order valence-electron chi connectivity index (χ1n) is 4.90. The number of aromatic nitrogens is 2. The van der Waals surface area contributed by atoms with E-state index in [2.05, 4.69) is 4.98 Å². The van der Waals surface area contributed by atoms with Crippen LogP contribution in [0.15, 0.2) is 43.0 Å². The second kappa shape index (κ2) is 8.48. The Labute approximate surface area is 113 Å². The number of hydrogen-bond acceptors (Lipinski definition) is 4. The number of nitrogens with zero attached hydrogens (tertiary/aromatic N) is 3. The molecule has 0 fully saturated rings. The van der Waals surface area contributed by atoms with Gasteiger partial charge in [-0.3, -0.25) is 14.9 Å². The van der Waals surface area contributed by atoms with Crippen LogP contribution in [-0.2, 0) is 6.54 Å². The van der Waals surface area contributed by atoms with Gasteiger partial charge in [0.05, 0.1) is 17.8 Å². The van der Waals surface area contributed by atoms with Crippen LogP contribution in [0.4, 0.5) is 5.69 Å². The quantitative estimate of drug-likeness (QED) is 0.406. The number of ketones is 1. The molecule has 0 aliphatic rings. The Morgan fingerprint density at radius 1 is 1.20 bits per heavy atom. The van der Waals surface area contributed by atoms with Crippen molar-refractivity contribution < 1.29 is 26.1 Å². The molecule has 1 heterocycles. The van der Waals surface area contributed by atoms with Gasteiger partial charge in [-0.2, -0.15) is 0 Å². The Morgan fingerprint density at radius 3 is 2.25 bits per heavy atom. The maximum Gasteiger partial charge on any atom is 0.269 e. The summed E-state index contributed by atoms with van der Waals surface area (Å²) in [5.74, 6) is -0.113. The molecule has 0 spiro atoms. The Bertz CT molecular complexity index is 538. The predicted molar refractivity (Wildman–Crippen MR) is 70.5 cm³/mol. The van der Waals surface area contributed by atoms with Crippen LogP contribution in [0.1, 0.15) is 10.4 Å². The average molecular weight is 285 g/mol. The summed E-state index contributed by atoms with van der Waals surface area (Å²) < 4.78 is 1.64. The minimum absolute atomic E-state index is 0. The molecule has 6 N–H and O–H groups in total. The molecule has 0 unspecified atom stereocenters. The summed E-state index contributed by atoms with van der Waals surface area (Å²) in [7, 11) is 0. The number of nitro groups is 1. The first-order valence-corrected chi connectivity index (χ1v) is 4.90. The minimum Gasteiger partial charge on any atom is -0.412 e. The van der Waals surface area contributed by atoms with Crippen molar-refractivity contribution >= 4 is 11.5 Å². The molecule has 0 aliphatic heterocycles. The zero-order valence-corrected chi connectivity index (χ0v) is 10.3.